The summed E-state index contributed by atoms with van der Waals surface area (Å²) >= 11 is 1.48. The van der Waals surface area contributed by atoms with Crippen molar-refractivity contribution >= 4 is 17.4 Å². The second-order valence-electron chi connectivity index (χ2n) is 2.39. The Bertz CT molecular complexity index is 408. The summed E-state index contributed by atoms with van der Waals surface area (Å²) in [5.74, 6) is 0.867. The highest BCUT2D eigenvalue weighted by atomic mass is 32.2. The molecule has 0 bridgehead atoms. The molecule has 1 aliphatic heterocycles. The number of nitrogens with one attached hydrogen (secondary N) is 3. The molecule has 12 heavy (non-hydrogen) atoms. The Morgan fingerprint density at radius 3 is 2.92 bits per heavy atom. The highest BCUT2D eigenvalue weighted by molar-refractivity contribution is 7.99. The first-order valence-corrected chi connectivity index (χ1v) is 4.49. The van der Waals surface area contributed by atoms with Crippen molar-refractivity contribution in [3.63, 3.8) is 0 Å². The maximum Gasteiger partial charge on any atom is 0.326 e. The largest absolute Gasteiger partial charge is 0.378 e. The van der Waals surface area contributed by atoms with Gasteiger partial charge in [-0.15, -0.1) is 11.8 Å². The standard InChI is InChI=1S/C6H7N3O2S/c10-4-3-5(9-6(11)8-4)12-2-1-7-3/h7H,1-2H2,(H2,8,9,10,11). The summed E-state index contributed by atoms with van der Waals surface area (Å²) < 4.78 is 0. The summed E-state index contributed by atoms with van der Waals surface area (Å²) in [4.78, 5) is 26.7. The minimum Gasteiger partial charge on any atom is -0.378 e. The molecule has 0 unspecified atom stereocenters. The minimum absolute atomic E-state index is 0.346. The Balaban J connectivity index is 2.68. The number of anilines is 1. The van der Waals surface area contributed by atoms with Crippen LogP contribution in [-0.4, -0.2) is 22.3 Å². The third-order valence-electron chi connectivity index (χ3n) is 1.56. The van der Waals surface area contributed by atoms with Gasteiger partial charge in [-0.05, 0) is 0 Å². The lowest BCUT2D eigenvalue weighted by atomic mass is 10.5. The van der Waals surface area contributed by atoms with Gasteiger partial charge in [-0.3, -0.25) is 9.78 Å². The van der Waals surface area contributed by atoms with Crippen molar-refractivity contribution in [1.82, 2.24) is 9.97 Å². The van der Waals surface area contributed by atoms with Crippen LogP contribution in [0.4, 0.5) is 5.69 Å². The van der Waals surface area contributed by atoms with Gasteiger partial charge in [-0.2, -0.15) is 0 Å². The Labute approximate surface area is 71.6 Å². The lowest BCUT2D eigenvalue weighted by molar-refractivity contribution is 0.933. The molecule has 2 heterocycles. The van der Waals surface area contributed by atoms with Gasteiger partial charge in [0.15, 0.2) is 0 Å². The quantitative estimate of drug-likeness (QED) is 0.480. The molecule has 0 saturated heterocycles. The first-order valence-electron chi connectivity index (χ1n) is 3.50. The molecule has 0 saturated carbocycles. The monoisotopic (exact) mass is 185 g/mol. The van der Waals surface area contributed by atoms with Crippen molar-refractivity contribution in [2.45, 2.75) is 5.03 Å². The molecule has 1 aliphatic rings. The lowest BCUT2D eigenvalue weighted by Crippen LogP contribution is -2.29. The minimum atomic E-state index is -0.449. The van der Waals surface area contributed by atoms with Crippen molar-refractivity contribution in [2.75, 3.05) is 17.6 Å². The maximum atomic E-state index is 11.1. The van der Waals surface area contributed by atoms with Crippen LogP contribution in [0.5, 0.6) is 0 Å². The van der Waals surface area contributed by atoms with E-state index in [1.54, 1.807) is 0 Å². The van der Waals surface area contributed by atoms with Crippen molar-refractivity contribution in [1.29, 1.82) is 0 Å². The fourth-order valence-corrected chi connectivity index (χ4v) is 1.95. The van der Waals surface area contributed by atoms with Crippen LogP contribution in [0.2, 0.25) is 0 Å². The zero-order valence-electron chi connectivity index (χ0n) is 6.14. The molecule has 0 spiro atoms. The number of fused-ring (bicyclic) bond motifs is 1. The molecule has 3 N–H and O–H groups in total. The third-order valence-corrected chi connectivity index (χ3v) is 2.56. The van der Waals surface area contributed by atoms with Crippen LogP contribution in [0.25, 0.3) is 0 Å². The van der Waals surface area contributed by atoms with E-state index in [1.165, 1.54) is 11.8 Å². The fraction of sp³-hybridized carbons (Fsp3) is 0.333. The average Bonchev–Trinajstić information content (AvgIpc) is 2.04. The van der Waals surface area contributed by atoms with Gasteiger partial charge in [0.05, 0.1) is 0 Å². The second-order valence-corrected chi connectivity index (χ2v) is 3.49. The maximum absolute atomic E-state index is 11.1. The number of aromatic nitrogens is 2. The molecule has 5 nitrogen and oxygen atoms in total. The number of H-pyrrole nitrogens is 2. The van der Waals surface area contributed by atoms with E-state index in [0.717, 1.165) is 12.3 Å². The second kappa shape index (κ2) is 2.71. The van der Waals surface area contributed by atoms with E-state index in [-0.39, 0.29) is 5.56 Å². The first-order chi connectivity index (χ1) is 5.77. The summed E-state index contributed by atoms with van der Waals surface area (Å²) in [5, 5.41) is 3.56. The molecule has 0 aromatic carbocycles. The van der Waals surface area contributed by atoms with E-state index >= 15 is 0 Å². The van der Waals surface area contributed by atoms with Crippen LogP contribution in [0.1, 0.15) is 0 Å². The Morgan fingerprint density at radius 2 is 2.08 bits per heavy atom. The van der Waals surface area contributed by atoms with Gasteiger partial charge in [0.25, 0.3) is 5.56 Å². The number of thioether (sulfide) groups is 1. The van der Waals surface area contributed by atoms with Gasteiger partial charge in [0.1, 0.15) is 10.7 Å². The van der Waals surface area contributed by atoms with Gasteiger partial charge in [-0.1, -0.05) is 0 Å². The van der Waals surface area contributed by atoms with Crippen LogP contribution < -0.4 is 16.6 Å². The molecular formula is C6H7N3O2S. The first kappa shape index (κ1) is 7.48. The third kappa shape index (κ3) is 1.14. The molecule has 0 radical (unpaired) electrons. The molecule has 2 rings (SSSR count). The smallest absolute Gasteiger partial charge is 0.326 e. The van der Waals surface area contributed by atoms with Crippen LogP contribution in [-0.2, 0) is 0 Å². The van der Waals surface area contributed by atoms with Gasteiger partial charge in [0.2, 0.25) is 0 Å². The van der Waals surface area contributed by atoms with Gasteiger partial charge in [-0.25, -0.2) is 4.79 Å². The van der Waals surface area contributed by atoms with E-state index < -0.39 is 5.69 Å². The van der Waals surface area contributed by atoms with Gasteiger partial charge in [0, 0.05) is 12.3 Å². The van der Waals surface area contributed by atoms with E-state index in [2.05, 4.69) is 15.3 Å². The Morgan fingerprint density at radius 1 is 1.25 bits per heavy atom. The number of rotatable bonds is 0. The highest BCUT2D eigenvalue weighted by Crippen LogP contribution is 2.23. The van der Waals surface area contributed by atoms with Gasteiger partial charge < -0.3 is 10.3 Å². The van der Waals surface area contributed by atoms with Crippen molar-refractivity contribution in [3.8, 4) is 0 Å². The van der Waals surface area contributed by atoms with E-state index in [9.17, 15) is 9.59 Å². The van der Waals surface area contributed by atoms with E-state index in [1.807, 2.05) is 0 Å². The molecule has 0 aliphatic carbocycles. The normalized spacial score (nSPS) is 15.0. The van der Waals surface area contributed by atoms with E-state index in [4.69, 9.17) is 0 Å². The molecule has 6 heteroatoms. The Hall–Kier alpha value is -1.17. The Kier molecular flexibility index (Phi) is 1.69. The fourth-order valence-electron chi connectivity index (χ4n) is 1.06. The molecule has 1 aromatic rings. The molecule has 0 amide bonds. The van der Waals surface area contributed by atoms with Crippen LogP contribution in [0.15, 0.2) is 14.6 Å². The van der Waals surface area contributed by atoms with Crippen molar-refractivity contribution in [3.05, 3.63) is 20.8 Å². The van der Waals surface area contributed by atoms with Crippen molar-refractivity contribution in [2.24, 2.45) is 0 Å². The summed E-state index contributed by atoms with van der Waals surface area (Å²) in [6.45, 7) is 0.757. The van der Waals surface area contributed by atoms with Crippen LogP contribution in [0, 0.1) is 0 Å². The molecule has 0 atom stereocenters. The molecule has 64 valence electrons. The SMILES string of the molecule is O=c1[nH]c2c(c(=O)[nH]1)NCCS2. The topological polar surface area (TPSA) is 77.8 Å². The van der Waals surface area contributed by atoms with Crippen LogP contribution in [0.3, 0.4) is 0 Å². The molecule has 1 aromatic heterocycles. The van der Waals surface area contributed by atoms with Crippen LogP contribution >= 0.6 is 11.8 Å². The zero-order valence-corrected chi connectivity index (χ0v) is 6.96. The highest BCUT2D eigenvalue weighted by Gasteiger charge is 2.12. The number of hydrogen-bond donors (Lipinski definition) is 3. The number of hydrogen-bond acceptors (Lipinski definition) is 4. The van der Waals surface area contributed by atoms with Gasteiger partial charge >= 0.3 is 5.69 Å². The summed E-state index contributed by atoms with van der Waals surface area (Å²) in [6, 6.07) is 0. The summed E-state index contributed by atoms with van der Waals surface area (Å²) in [6.07, 6.45) is 0. The molecular weight excluding hydrogens is 178 g/mol. The predicted octanol–water partition coefficient (Wildman–Crippen LogP) is -0.419. The predicted molar refractivity (Wildman–Crippen MR) is 46.9 cm³/mol. The zero-order chi connectivity index (χ0) is 8.55. The van der Waals surface area contributed by atoms with E-state index in [0.29, 0.717) is 10.7 Å². The summed E-state index contributed by atoms with van der Waals surface area (Å²) in [7, 11) is 0. The summed E-state index contributed by atoms with van der Waals surface area (Å²) in [5.41, 5.74) is -0.318. The lowest BCUT2D eigenvalue weighted by Gasteiger charge is -2.14. The van der Waals surface area contributed by atoms with Crippen molar-refractivity contribution < 1.29 is 0 Å². The molecule has 0 fully saturated rings. The average molecular weight is 185 g/mol. The number of aromatic amines is 2.